The lowest BCUT2D eigenvalue weighted by atomic mass is 9.67. The molecular formula is C17H25NO. The first kappa shape index (κ1) is 14.3. The molecule has 0 radical (unpaired) electrons. The summed E-state index contributed by atoms with van der Waals surface area (Å²) in [6, 6.07) is 6.53. The standard InChI is InChI=1S/C17H25NO/c1-5-16(19)17(8-10-18(4)11-9-17)15-12-13(2)6-7-14(15)3/h6-7,12H,5,8-11H2,1-4H3. The molecule has 0 spiro atoms. The Morgan fingerprint density at radius 3 is 2.47 bits per heavy atom. The first-order chi connectivity index (χ1) is 8.99. The van der Waals surface area contributed by atoms with Crippen LogP contribution in [0.3, 0.4) is 0 Å². The van der Waals surface area contributed by atoms with Gasteiger partial charge in [-0.25, -0.2) is 0 Å². The van der Waals surface area contributed by atoms with E-state index in [2.05, 4.69) is 44.0 Å². The molecule has 1 saturated heterocycles. The van der Waals surface area contributed by atoms with Crippen LogP contribution in [0.2, 0.25) is 0 Å². The van der Waals surface area contributed by atoms with E-state index in [1.165, 1.54) is 16.7 Å². The van der Waals surface area contributed by atoms with Gasteiger partial charge in [-0.1, -0.05) is 30.7 Å². The van der Waals surface area contributed by atoms with Gasteiger partial charge in [0.25, 0.3) is 0 Å². The molecule has 0 amide bonds. The van der Waals surface area contributed by atoms with Crippen molar-refractivity contribution in [2.24, 2.45) is 0 Å². The highest BCUT2D eigenvalue weighted by Gasteiger charge is 2.41. The maximum atomic E-state index is 12.6. The fourth-order valence-corrected chi connectivity index (χ4v) is 3.29. The summed E-state index contributed by atoms with van der Waals surface area (Å²) < 4.78 is 0. The van der Waals surface area contributed by atoms with Crippen LogP contribution in [0.25, 0.3) is 0 Å². The summed E-state index contributed by atoms with van der Waals surface area (Å²) in [7, 11) is 2.14. The van der Waals surface area contributed by atoms with Crippen molar-refractivity contribution in [3.63, 3.8) is 0 Å². The van der Waals surface area contributed by atoms with Crippen molar-refractivity contribution < 1.29 is 4.79 Å². The van der Waals surface area contributed by atoms with Gasteiger partial charge in [0.2, 0.25) is 0 Å². The Hall–Kier alpha value is -1.15. The highest BCUT2D eigenvalue weighted by Crippen LogP contribution is 2.39. The van der Waals surface area contributed by atoms with Gasteiger partial charge < -0.3 is 4.90 Å². The first-order valence-electron chi connectivity index (χ1n) is 7.29. The molecule has 1 aromatic carbocycles. The minimum atomic E-state index is -0.239. The Morgan fingerprint density at radius 1 is 1.26 bits per heavy atom. The molecule has 0 bridgehead atoms. The second kappa shape index (κ2) is 5.46. The summed E-state index contributed by atoms with van der Waals surface area (Å²) >= 11 is 0. The van der Waals surface area contributed by atoms with E-state index in [-0.39, 0.29) is 5.41 Å². The van der Waals surface area contributed by atoms with E-state index in [1.807, 2.05) is 6.92 Å². The summed E-state index contributed by atoms with van der Waals surface area (Å²) in [4.78, 5) is 15.0. The minimum absolute atomic E-state index is 0.239. The monoisotopic (exact) mass is 259 g/mol. The Bertz CT molecular complexity index is 470. The van der Waals surface area contributed by atoms with Gasteiger partial charge >= 0.3 is 0 Å². The summed E-state index contributed by atoms with van der Waals surface area (Å²) in [5.41, 5.74) is 3.55. The van der Waals surface area contributed by atoms with Gasteiger partial charge in [-0.05, 0) is 58.0 Å². The maximum absolute atomic E-state index is 12.6. The SMILES string of the molecule is CCC(=O)C1(c2cc(C)ccc2C)CCN(C)CC1. The van der Waals surface area contributed by atoms with Gasteiger partial charge in [0.1, 0.15) is 5.78 Å². The number of likely N-dealkylation sites (tertiary alicyclic amines) is 1. The van der Waals surface area contributed by atoms with Gasteiger partial charge in [0.05, 0.1) is 5.41 Å². The molecule has 1 aliphatic rings. The predicted octanol–water partition coefficient (Wildman–Crippen LogP) is 3.25. The van der Waals surface area contributed by atoms with Crippen LogP contribution in [0.5, 0.6) is 0 Å². The Labute approximate surface area is 116 Å². The lowest BCUT2D eigenvalue weighted by molar-refractivity contribution is -0.126. The number of Topliss-reactive ketones (excluding diaryl/α,β-unsaturated/α-hetero) is 1. The molecule has 0 unspecified atom stereocenters. The van der Waals surface area contributed by atoms with E-state index < -0.39 is 0 Å². The van der Waals surface area contributed by atoms with Crippen LogP contribution in [0, 0.1) is 13.8 Å². The van der Waals surface area contributed by atoms with Crippen molar-refractivity contribution in [1.82, 2.24) is 4.90 Å². The lowest BCUT2D eigenvalue weighted by Crippen LogP contribution is -2.46. The molecule has 0 aliphatic carbocycles. The lowest BCUT2D eigenvalue weighted by Gasteiger charge is -2.40. The molecule has 104 valence electrons. The second-order valence-corrected chi connectivity index (χ2v) is 5.98. The molecule has 2 heteroatoms. The molecule has 0 aromatic heterocycles. The normalized spacial score (nSPS) is 19.4. The second-order valence-electron chi connectivity index (χ2n) is 5.98. The summed E-state index contributed by atoms with van der Waals surface area (Å²) in [6.07, 6.45) is 2.55. The van der Waals surface area contributed by atoms with Crippen molar-refractivity contribution in [2.75, 3.05) is 20.1 Å². The van der Waals surface area contributed by atoms with E-state index in [9.17, 15) is 4.79 Å². The van der Waals surface area contributed by atoms with E-state index in [0.29, 0.717) is 12.2 Å². The topological polar surface area (TPSA) is 20.3 Å². The van der Waals surface area contributed by atoms with Gasteiger partial charge in [-0.3, -0.25) is 4.79 Å². The number of carbonyl (C=O) groups excluding carboxylic acids is 1. The number of hydrogen-bond acceptors (Lipinski definition) is 2. The number of carbonyl (C=O) groups is 1. The molecule has 0 N–H and O–H groups in total. The predicted molar refractivity (Wildman–Crippen MR) is 79.6 cm³/mol. The quantitative estimate of drug-likeness (QED) is 0.830. The third kappa shape index (κ3) is 2.59. The Balaban J connectivity index is 2.49. The highest BCUT2D eigenvalue weighted by atomic mass is 16.1. The molecule has 1 aliphatic heterocycles. The summed E-state index contributed by atoms with van der Waals surface area (Å²) in [5, 5.41) is 0. The molecular weight excluding hydrogens is 234 g/mol. The molecule has 1 aromatic rings. The smallest absolute Gasteiger partial charge is 0.143 e. The van der Waals surface area contributed by atoms with Crippen molar-refractivity contribution >= 4 is 5.78 Å². The van der Waals surface area contributed by atoms with Crippen LogP contribution in [0.1, 0.15) is 42.9 Å². The van der Waals surface area contributed by atoms with E-state index >= 15 is 0 Å². The van der Waals surface area contributed by atoms with Crippen LogP contribution >= 0.6 is 0 Å². The number of aryl methyl sites for hydroxylation is 2. The minimum Gasteiger partial charge on any atom is -0.306 e. The number of nitrogens with zero attached hydrogens (tertiary/aromatic N) is 1. The van der Waals surface area contributed by atoms with Gasteiger partial charge in [0.15, 0.2) is 0 Å². The van der Waals surface area contributed by atoms with Crippen LogP contribution in [-0.2, 0) is 10.2 Å². The first-order valence-corrected chi connectivity index (χ1v) is 7.29. The number of ketones is 1. The van der Waals surface area contributed by atoms with Crippen LogP contribution in [0.4, 0.5) is 0 Å². The largest absolute Gasteiger partial charge is 0.306 e. The summed E-state index contributed by atoms with van der Waals surface area (Å²) in [6.45, 7) is 8.27. The molecule has 1 fully saturated rings. The number of piperidine rings is 1. The number of benzene rings is 1. The Morgan fingerprint density at radius 2 is 1.89 bits per heavy atom. The van der Waals surface area contributed by atoms with Gasteiger partial charge in [0, 0.05) is 6.42 Å². The van der Waals surface area contributed by atoms with Crippen molar-refractivity contribution in [3.05, 3.63) is 34.9 Å². The fourth-order valence-electron chi connectivity index (χ4n) is 3.29. The third-order valence-electron chi connectivity index (χ3n) is 4.60. The fraction of sp³-hybridized carbons (Fsp3) is 0.588. The average molecular weight is 259 g/mol. The van der Waals surface area contributed by atoms with E-state index in [4.69, 9.17) is 0 Å². The zero-order valence-electron chi connectivity index (χ0n) is 12.6. The zero-order chi connectivity index (χ0) is 14.0. The molecule has 2 nitrogen and oxygen atoms in total. The molecule has 19 heavy (non-hydrogen) atoms. The third-order valence-corrected chi connectivity index (χ3v) is 4.60. The van der Waals surface area contributed by atoms with Crippen molar-refractivity contribution in [1.29, 1.82) is 0 Å². The molecule has 2 rings (SSSR count). The van der Waals surface area contributed by atoms with Crippen molar-refractivity contribution in [2.45, 2.75) is 45.4 Å². The number of rotatable bonds is 3. The molecule has 0 atom stereocenters. The average Bonchev–Trinajstić information content (AvgIpc) is 2.42. The Kier molecular flexibility index (Phi) is 4.10. The zero-order valence-corrected chi connectivity index (χ0v) is 12.6. The van der Waals surface area contributed by atoms with Crippen LogP contribution in [0.15, 0.2) is 18.2 Å². The van der Waals surface area contributed by atoms with Crippen molar-refractivity contribution in [3.8, 4) is 0 Å². The van der Waals surface area contributed by atoms with Crippen LogP contribution in [-0.4, -0.2) is 30.8 Å². The van der Waals surface area contributed by atoms with E-state index in [0.717, 1.165) is 25.9 Å². The summed E-state index contributed by atoms with van der Waals surface area (Å²) in [5.74, 6) is 0.411. The highest BCUT2D eigenvalue weighted by molar-refractivity contribution is 5.90. The van der Waals surface area contributed by atoms with Gasteiger partial charge in [-0.2, -0.15) is 0 Å². The van der Waals surface area contributed by atoms with Crippen LogP contribution < -0.4 is 0 Å². The van der Waals surface area contributed by atoms with Gasteiger partial charge in [-0.15, -0.1) is 0 Å². The molecule has 1 heterocycles. The maximum Gasteiger partial charge on any atom is 0.143 e. The van der Waals surface area contributed by atoms with E-state index in [1.54, 1.807) is 0 Å². The molecule has 0 saturated carbocycles. The number of hydrogen-bond donors (Lipinski definition) is 0.